The van der Waals surface area contributed by atoms with E-state index in [-0.39, 0.29) is 54.5 Å². The van der Waals surface area contributed by atoms with Crippen molar-refractivity contribution in [3.63, 3.8) is 0 Å². The Morgan fingerprint density at radius 1 is 1.00 bits per heavy atom. The van der Waals surface area contributed by atoms with Crippen molar-refractivity contribution < 1.29 is 38.9 Å². The van der Waals surface area contributed by atoms with Crippen LogP contribution in [0.3, 0.4) is 0 Å². The average Bonchev–Trinajstić information content (AvgIpc) is 3.55. The number of ether oxygens (including phenoxy) is 1. The van der Waals surface area contributed by atoms with Crippen molar-refractivity contribution in [2.24, 2.45) is 17.8 Å². The number of nitrogens with one attached hydrogen (secondary N) is 2. The number of likely N-dealkylation sites (tertiary alicyclic amines) is 1. The van der Waals surface area contributed by atoms with Gasteiger partial charge in [-0.25, -0.2) is 4.98 Å². The molecule has 14 heteroatoms. The molecule has 1 aromatic heterocycles. The molecule has 7 atom stereocenters. The van der Waals surface area contributed by atoms with Crippen LogP contribution in [-0.4, -0.2) is 106 Å². The van der Waals surface area contributed by atoms with E-state index in [1.807, 2.05) is 83.8 Å². The molecule has 1 aliphatic heterocycles. The smallest absolute Gasteiger partial charge is 0.306 e. The number of hydrogen-bond donors (Lipinski definition) is 4. The van der Waals surface area contributed by atoms with Crippen LogP contribution >= 0.6 is 11.3 Å². The third-order valence-corrected chi connectivity index (χ3v) is 11.6. The lowest BCUT2D eigenvalue weighted by Crippen LogP contribution is -2.58. The van der Waals surface area contributed by atoms with Crippen molar-refractivity contribution in [1.82, 2.24) is 25.4 Å². The number of piperidine rings is 1. The molecule has 2 aromatic rings. The van der Waals surface area contributed by atoms with E-state index in [9.17, 15) is 34.2 Å². The number of rotatable bonds is 18. The highest BCUT2D eigenvalue weighted by atomic mass is 32.1. The first-order valence-electron chi connectivity index (χ1n) is 19.0. The third kappa shape index (κ3) is 12.3. The summed E-state index contributed by atoms with van der Waals surface area (Å²) in [6.07, 6.45) is 0.244. The number of aliphatic hydroxyl groups is 1. The van der Waals surface area contributed by atoms with Gasteiger partial charge in [-0.15, -0.1) is 11.3 Å². The maximum atomic E-state index is 14.2. The number of aliphatic carboxylic acids is 1. The molecular weight excluding hydrogens is 711 g/mol. The molecule has 1 fully saturated rings. The normalized spacial score (nSPS) is 19.1. The summed E-state index contributed by atoms with van der Waals surface area (Å²) in [4.78, 5) is 74.8. The zero-order valence-electron chi connectivity index (χ0n) is 33.5. The second-order valence-electron chi connectivity index (χ2n) is 15.8. The molecule has 54 heavy (non-hydrogen) atoms. The summed E-state index contributed by atoms with van der Waals surface area (Å²) >= 11 is 1.28. The summed E-state index contributed by atoms with van der Waals surface area (Å²) in [5, 5.41) is 26.3. The fraction of sp³-hybridized carbons (Fsp3) is 0.650. The molecule has 0 spiro atoms. The molecule has 0 radical (unpaired) electrons. The fourth-order valence-electron chi connectivity index (χ4n) is 6.93. The van der Waals surface area contributed by atoms with Gasteiger partial charge in [0.25, 0.3) is 5.91 Å². The number of esters is 1. The van der Waals surface area contributed by atoms with Crippen molar-refractivity contribution in [3.8, 4) is 0 Å². The van der Waals surface area contributed by atoms with E-state index in [0.717, 1.165) is 5.56 Å². The molecule has 1 aliphatic rings. The van der Waals surface area contributed by atoms with Crippen molar-refractivity contribution in [1.29, 1.82) is 0 Å². The van der Waals surface area contributed by atoms with Crippen molar-refractivity contribution >= 4 is 41.0 Å². The van der Waals surface area contributed by atoms with Crippen LogP contribution in [0, 0.1) is 17.8 Å². The van der Waals surface area contributed by atoms with Crippen LogP contribution in [0.4, 0.5) is 0 Å². The Balaban J connectivity index is 1.91. The molecule has 300 valence electrons. The van der Waals surface area contributed by atoms with Gasteiger partial charge in [0.2, 0.25) is 11.8 Å². The molecule has 3 rings (SSSR count). The molecule has 0 unspecified atom stereocenters. The lowest BCUT2D eigenvalue weighted by atomic mass is 9.93. The van der Waals surface area contributed by atoms with Gasteiger partial charge in [-0.1, -0.05) is 78.8 Å². The zero-order chi connectivity index (χ0) is 40.4. The molecule has 0 saturated carbocycles. The van der Waals surface area contributed by atoms with Crippen molar-refractivity contribution in [3.05, 3.63) is 51.5 Å². The van der Waals surface area contributed by atoms with E-state index in [0.29, 0.717) is 29.3 Å². The Kier molecular flexibility index (Phi) is 16.6. The molecule has 0 aliphatic carbocycles. The Hall–Kier alpha value is -3.88. The van der Waals surface area contributed by atoms with Gasteiger partial charge in [0.1, 0.15) is 16.7 Å². The first-order chi connectivity index (χ1) is 25.3. The minimum atomic E-state index is -0.952. The SMILES string of the molecule is CC(=O)O[C@H](C[C@H](C(C)C)N(C)C(=O)[C@@H](NC(=O)[C@H]1C[C@H](O)CCN1C)C(C)C)c1nc(C(=O)N[C@@H](Cc2ccccc2)C[C@H](C)C(=O)O)c(C(C)C)s1. The van der Waals surface area contributed by atoms with Crippen LogP contribution in [0.1, 0.15) is 119 Å². The van der Waals surface area contributed by atoms with E-state index in [1.165, 1.54) is 18.3 Å². The number of benzene rings is 1. The zero-order valence-corrected chi connectivity index (χ0v) is 34.3. The Bertz CT molecular complexity index is 1580. The van der Waals surface area contributed by atoms with Crippen LogP contribution in [0.15, 0.2) is 30.3 Å². The summed E-state index contributed by atoms with van der Waals surface area (Å²) in [7, 11) is 3.51. The van der Waals surface area contributed by atoms with Gasteiger partial charge >= 0.3 is 11.9 Å². The predicted molar refractivity (Wildman–Crippen MR) is 208 cm³/mol. The monoisotopic (exact) mass is 771 g/mol. The van der Waals surface area contributed by atoms with E-state index >= 15 is 0 Å². The number of carboxylic acid groups (broad SMARTS) is 1. The second kappa shape index (κ2) is 20.2. The van der Waals surface area contributed by atoms with Gasteiger partial charge in [0, 0.05) is 43.9 Å². The maximum absolute atomic E-state index is 14.2. The maximum Gasteiger partial charge on any atom is 0.306 e. The quantitative estimate of drug-likeness (QED) is 0.154. The number of carboxylic acids is 1. The van der Waals surface area contributed by atoms with Crippen molar-refractivity contribution in [2.75, 3.05) is 20.6 Å². The number of aliphatic hydroxyl groups excluding tert-OH is 1. The summed E-state index contributed by atoms with van der Waals surface area (Å²) in [6.45, 7) is 15.0. The van der Waals surface area contributed by atoms with Gasteiger partial charge in [-0.3, -0.25) is 28.9 Å². The van der Waals surface area contributed by atoms with E-state index in [1.54, 1.807) is 18.9 Å². The standard InChI is InChI=1S/C40H61N5O8S/c1-22(2)30(45(10)39(50)33(23(3)4)42-36(48)31-20-29(47)16-17-44(31)9)21-32(53-26(8)46)38-43-34(35(54-38)24(5)6)37(49)41-28(18-25(7)40(51)52)19-27-14-12-11-13-15-27/h11-15,22-25,28-33,47H,16-21H2,1-10H3,(H,41,49)(H,42,48)(H,51,52)/t25-,28+,29+,30+,31+,32+,33-/m0/s1. The number of thiazole rings is 1. The second-order valence-corrected chi connectivity index (χ2v) is 16.8. The minimum Gasteiger partial charge on any atom is -0.481 e. The summed E-state index contributed by atoms with van der Waals surface area (Å²) in [5.74, 6) is -3.67. The topological polar surface area (TPSA) is 178 Å². The van der Waals surface area contributed by atoms with E-state index < -0.39 is 60.1 Å². The number of hydrogen-bond acceptors (Lipinski definition) is 10. The summed E-state index contributed by atoms with van der Waals surface area (Å²) in [5.41, 5.74) is 1.14. The minimum absolute atomic E-state index is 0.0950. The lowest BCUT2D eigenvalue weighted by molar-refractivity contribution is -0.149. The third-order valence-electron chi connectivity index (χ3n) is 10.2. The number of likely N-dealkylation sites (N-methyl/N-ethyl adjacent to an activating group) is 2. The highest BCUT2D eigenvalue weighted by molar-refractivity contribution is 7.12. The van der Waals surface area contributed by atoms with Gasteiger partial charge in [0.05, 0.1) is 18.1 Å². The number of carbonyl (C=O) groups is 5. The first kappa shape index (κ1) is 44.5. The first-order valence-corrected chi connectivity index (χ1v) is 19.8. The highest BCUT2D eigenvalue weighted by Crippen LogP contribution is 2.36. The van der Waals surface area contributed by atoms with Gasteiger partial charge in [-0.2, -0.15) is 0 Å². The van der Waals surface area contributed by atoms with E-state index in [2.05, 4.69) is 10.6 Å². The highest BCUT2D eigenvalue weighted by Gasteiger charge is 2.38. The van der Waals surface area contributed by atoms with Gasteiger partial charge in [0.15, 0.2) is 6.10 Å². The van der Waals surface area contributed by atoms with Crippen LogP contribution in [-0.2, 0) is 30.3 Å². The van der Waals surface area contributed by atoms with Gasteiger partial charge < -0.3 is 30.5 Å². The molecule has 1 aromatic carbocycles. The summed E-state index contributed by atoms with van der Waals surface area (Å²) < 4.78 is 5.86. The fourth-order valence-corrected chi connectivity index (χ4v) is 8.04. The van der Waals surface area contributed by atoms with Crippen LogP contribution in [0.2, 0.25) is 0 Å². The molecule has 2 heterocycles. The summed E-state index contributed by atoms with van der Waals surface area (Å²) in [6, 6.07) is 7.22. The average molecular weight is 772 g/mol. The molecule has 1 saturated heterocycles. The number of amides is 3. The van der Waals surface area contributed by atoms with Crippen molar-refractivity contribution in [2.45, 2.75) is 130 Å². The lowest BCUT2D eigenvalue weighted by Gasteiger charge is -2.38. The molecular formula is C40H61N5O8S. The largest absolute Gasteiger partial charge is 0.481 e. The molecule has 4 N–H and O–H groups in total. The van der Waals surface area contributed by atoms with Crippen LogP contribution < -0.4 is 10.6 Å². The number of aromatic nitrogens is 1. The Labute approximate surface area is 324 Å². The van der Waals surface area contributed by atoms with Gasteiger partial charge in [-0.05, 0) is 56.0 Å². The molecule has 13 nitrogen and oxygen atoms in total. The number of nitrogens with zero attached hydrogens (tertiary/aromatic N) is 3. The van der Waals surface area contributed by atoms with Crippen LogP contribution in [0.25, 0.3) is 0 Å². The Morgan fingerprint density at radius 2 is 1.65 bits per heavy atom. The predicted octanol–water partition coefficient (Wildman–Crippen LogP) is 4.79. The Morgan fingerprint density at radius 3 is 2.20 bits per heavy atom. The van der Waals surface area contributed by atoms with E-state index in [4.69, 9.17) is 9.72 Å². The molecule has 3 amide bonds. The molecule has 0 bridgehead atoms. The number of carbonyl (C=O) groups excluding carboxylic acids is 4. The van der Waals surface area contributed by atoms with Crippen LogP contribution in [0.5, 0.6) is 0 Å².